The van der Waals surface area contributed by atoms with Crippen molar-refractivity contribution in [3.63, 3.8) is 0 Å². The van der Waals surface area contributed by atoms with Crippen molar-refractivity contribution >= 4 is 22.1 Å². The Morgan fingerprint density at radius 2 is 1.15 bits per heavy atom. The Labute approximate surface area is 313 Å². The van der Waals surface area contributed by atoms with Gasteiger partial charge in [-0.1, -0.05) is 122 Å². The third-order valence-corrected chi connectivity index (χ3v) is 9.78. The van der Waals surface area contributed by atoms with E-state index in [0.29, 0.717) is 12.8 Å². The number of carbonyl (C=O) groups excluding carboxylic acids is 2. The van der Waals surface area contributed by atoms with Gasteiger partial charge in [-0.15, -0.1) is 0 Å². The Morgan fingerprint density at radius 1 is 0.654 bits per heavy atom. The third kappa shape index (κ3) is 25.2. The monoisotopic (exact) mass is 762 g/mol. The van der Waals surface area contributed by atoms with E-state index in [1.165, 1.54) is 51.4 Å². The first-order valence-electron chi connectivity index (χ1n) is 19.9. The van der Waals surface area contributed by atoms with Crippen LogP contribution in [0.5, 0.6) is 0 Å². The summed E-state index contributed by atoms with van der Waals surface area (Å²) in [5.74, 6) is -2.00. The normalized spacial score (nSPS) is 21.5. The van der Waals surface area contributed by atoms with Crippen LogP contribution < -0.4 is 0 Å². The van der Waals surface area contributed by atoms with Crippen molar-refractivity contribution in [3.8, 4) is 0 Å². The molecule has 1 heterocycles. The third-order valence-electron chi connectivity index (χ3n) is 9.03. The van der Waals surface area contributed by atoms with Gasteiger partial charge < -0.3 is 34.3 Å². The Kier molecular flexibility index (Phi) is 28.2. The van der Waals surface area contributed by atoms with Crippen molar-refractivity contribution in [2.24, 2.45) is 0 Å². The molecule has 0 aromatic rings. The number of ether oxygens (including phenoxy) is 4. The first-order valence-corrected chi connectivity index (χ1v) is 21.5. The van der Waals surface area contributed by atoms with Crippen LogP contribution in [0.2, 0.25) is 0 Å². The van der Waals surface area contributed by atoms with E-state index in [0.717, 1.165) is 64.2 Å². The van der Waals surface area contributed by atoms with Gasteiger partial charge in [0.15, 0.2) is 12.4 Å². The molecule has 0 spiro atoms. The Hall–Kier alpha value is -1.87. The summed E-state index contributed by atoms with van der Waals surface area (Å²) in [6.07, 6.45) is 21.0. The highest BCUT2D eigenvalue weighted by Crippen LogP contribution is 2.24. The number of hydrogen-bond acceptors (Lipinski definition) is 11. The molecule has 2 unspecified atom stereocenters. The van der Waals surface area contributed by atoms with Gasteiger partial charge in [0.1, 0.15) is 36.8 Å². The second kappa shape index (κ2) is 30.5. The average Bonchev–Trinajstić information content (AvgIpc) is 3.10. The molecule has 4 N–H and O–H groups in total. The van der Waals surface area contributed by atoms with Gasteiger partial charge in [0.2, 0.25) is 0 Å². The van der Waals surface area contributed by atoms with Crippen LogP contribution >= 0.6 is 0 Å². The van der Waals surface area contributed by atoms with Gasteiger partial charge in [0.05, 0.1) is 6.61 Å². The highest BCUT2D eigenvalue weighted by molar-refractivity contribution is 7.85. The van der Waals surface area contributed by atoms with Gasteiger partial charge in [-0.3, -0.25) is 14.1 Å². The van der Waals surface area contributed by atoms with Gasteiger partial charge in [0, 0.05) is 12.8 Å². The van der Waals surface area contributed by atoms with Crippen molar-refractivity contribution in [2.75, 3.05) is 19.0 Å². The van der Waals surface area contributed by atoms with E-state index in [9.17, 15) is 37.9 Å². The van der Waals surface area contributed by atoms with Gasteiger partial charge in [-0.2, -0.15) is 8.42 Å². The fourth-order valence-corrected chi connectivity index (χ4v) is 6.57. The van der Waals surface area contributed by atoms with E-state index >= 15 is 0 Å². The molecule has 6 atom stereocenters. The fraction of sp³-hybridized carbons (Fsp3) is 0.846. The Bertz CT molecular complexity index is 1080. The minimum absolute atomic E-state index is 0.150. The van der Waals surface area contributed by atoms with E-state index in [1.54, 1.807) is 0 Å². The lowest BCUT2D eigenvalue weighted by Crippen LogP contribution is -2.60. The number of aliphatic hydroxyl groups excluding tert-OH is 3. The fourth-order valence-electron chi connectivity index (χ4n) is 5.88. The molecule has 304 valence electrons. The molecule has 12 nitrogen and oxygen atoms in total. The van der Waals surface area contributed by atoms with Crippen LogP contribution in [0.25, 0.3) is 0 Å². The highest BCUT2D eigenvalue weighted by Gasteiger charge is 2.46. The molecule has 13 heteroatoms. The molecule has 1 fully saturated rings. The lowest BCUT2D eigenvalue weighted by atomic mass is 10.00. The minimum atomic E-state index is -4.60. The summed E-state index contributed by atoms with van der Waals surface area (Å²) in [5, 5.41) is 30.7. The summed E-state index contributed by atoms with van der Waals surface area (Å²) in [6.45, 7) is 3.67. The van der Waals surface area contributed by atoms with Crippen LogP contribution in [0.3, 0.4) is 0 Å². The van der Waals surface area contributed by atoms with Gasteiger partial charge in [-0.25, -0.2) is 0 Å². The van der Waals surface area contributed by atoms with E-state index < -0.39 is 71.2 Å². The SMILES string of the molecule is CCCCC/C=C/C/C=C/CCCCCCCC(=O)O[C@H](COC(=O)CCCCCCCCCCC)CO[C@H]1O[C@H](CS(=O)(=O)O)[C@@H](O)C(O)C1O. The van der Waals surface area contributed by atoms with E-state index in [4.69, 9.17) is 18.9 Å². The second-order valence-corrected chi connectivity index (χ2v) is 15.4. The largest absolute Gasteiger partial charge is 0.462 e. The Morgan fingerprint density at radius 3 is 1.73 bits per heavy atom. The second-order valence-electron chi connectivity index (χ2n) is 14.0. The molecular weight excluding hydrogens is 692 g/mol. The molecule has 1 aliphatic heterocycles. The predicted molar refractivity (Wildman–Crippen MR) is 201 cm³/mol. The number of rotatable bonds is 32. The number of allylic oxidation sites excluding steroid dienone is 4. The van der Waals surface area contributed by atoms with Crippen molar-refractivity contribution in [3.05, 3.63) is 24.3 Å². The average molecular weight is 763 g/mol. The van der Waals surface area contributed by atoms with Crippen molar-refractivity contribution in [2.45, 2.75) is 192 Å². The van der Waals surface area contributed by atoms with Crippen LogP contribution in [-0.2, 0) is 38.7 Å². The molecule has 52 heavy (non-hydrogen) atoms. The van der Waals surface area contributed by atoms with Crippen molar-refractivity contribution < 1.29 is 56.8 Å². The summed E-state index contributed by atoms with van der Waals surface area (Å²) >= 11 is 0. The van der Waals surface area contributed by atoms with E-state index in [-0.39, 0.29) is 19.4 Å². The predicted octanol–water partition coefficient (Wildman–Crippen LogP) is 6.89. The molecule has 0 amide bonds. The quantitative estimate of drug-likeness (QED) is 0.0241. The molecule has 0 aliphatic carbocycles. The minimum Gasteiger partial charge on any atom is -0.462 e. The number of esters is 2. The van der Waals surface area contributed by atoms with Crippen molar-refractivity contribution in [1.82, 2.24) is 0 Å². The van der Waals surface area contributed by atoms with Gasteiger partial charge >= 0.3 is 11.9 Å². The van der Waals surface area contributed by atoms with Crippen LogP contribution in [0, 0.1) is 0 Å². The molecule has 0 saturated carbocycles. The topological polar surface area (TPSA) is 186 Å². The molecule has 0 aromatic carbocycles. The molecule has 0 aromatic heterocycles. The molecule has 0 radical (unpaired) electrons. The van der Waals surface area contributed by atoms with E-state index in [2.05, 4.69) is 38.2 Å². The maximum atomic E-state index is 12.7. The zero-order valence-electron chi connectivity index (χ0n) is 31.9. The van der Waals surface area contributed by atoms with Gasteiger partial charge in [-0.05, 0) is 44.9 Å². The van der Waals surface area contributed by atoms with Crippen LogP contribution in [-0.4, -0.2) is 96.0 Å². The number of carbonyl (C=O) groups is 2. The number of hydrogen-bond donors (Lipinski definition) is 4. The summed E-state index contributed by atoms with van der Waals surface area (Å²) < 4.78 is 53.8. The maximum absolute atomic E-state index is 12.7. The zero-order chi connectivity index (χ0) is 38.5. The van der Waals surface area contributed by atoms with Crippen molar-refractivity contribution in [1.29, 1.82) is 0 Å². The maximum Gasteiger partial charge on any atom is 0.306 e. The molecule has 1 aliphatic rings. The summed E-state index contributed by atoms with van der Waals surface area (Å²) in [4.78, 5) is 25.2. The first kappa shape index (κ1) is 48.1. The first-order chi connectivity index (χ1) is 25.0. The smallest absolute Gasteiger partial charge is 0.306 e. The molecule has 0 bridgehead atoms. The Balaban J connectivity index is 2.52. The standard InChI is InChI=1S/C39H70O12S/c1-3-5-7-9-11-13-14-15-16-17-18-20-22-24-26-28-35(41)50-32(29-48-34(40)27-25-23-21-19-12-10-8-6-4-2)30-49-39-38(44)37(43)36(42)33(51-39)31-52(45,46)47/h11,13,15-16,32-33,36-39,42-44H,3-10,12,14,17-31H2,1-2H3,(H,45,46,47)/b13-11+,16-15+/t32-,33-,36-,37?,38?,39+/m1/s1. The van der Waals surface area contributed by atoms with Gasteiger partial charge in [0.25, 0.3) is 10.1 Å². The van der Waals surface area contributed by atoms with Crippen LogP contribution in [0.15, 0.2) is 24.3 Å². The number of aliphatic hydroxyl groups is 3. The lowest BCUT2D eigenvalue weighted by molar-refractivity contribution is -0.297. The lowest BCUT2D eigenvalue weighted by Gasteiger charge is -2.40. The summed E-state index contributed by atoms with van der Waals surface area (Å²) in [5.41, 5.74) is 0. The van der Waals surface area contributed by atoms with Crippen LogP contribution in [0.4, 0.5) is 0 Å². The number of unbranched alkanes of at least 4 members (excludes halogenated alkanes) is 16. The highest BCUT2D eigenvalue weighted by atomic mass is 32.2. The van der Waals surface area contributed by atoms with E-state index in [1.807, 2.05) is 0 Å². The molecular formula is C39H70O12S. The zero-order valence-corrected chi connectivity index (χ0v) is 32.7. The summed E-state index contributed by atoms with van der Waals surface area (Å²) in [7, 11) is -4.60. The molecule has 1 rings (SSSR count). The molecule has 1 saturated heterocycles. The summed E-state index contributed by atoms with van der Waals surface area (Å²) in [6, 6.07) is 0. The van der Waals surface area contributed by atoms with Crippen LogP contribution in [0.1, 0.15) is 155 Å².